The molecule has 0 aliphatic carbocycles. The fourth-order valence-corrected chi connectivity index (χ4v) is 4.55. The molecule has 1 aliphatic rings. The molecule has 8 heteroatoms. The summed E-state index contributed by atoms with van der Waals surface area (Å²) in [6.45, 7) is 4.10. The van der Waals surface area contributed by atoms with Crippen LogP contribution in [0.25, 0.3) is 0 Å². The van der Waals surface area contributed by atoms with Crippen molar-refractivity contribution in [3.63, 3.8) is 0 Å². The lowest BCUT2D eigenvalue weighted by atomic mass is 10.1. The van der Waals surface area contributed by atoms with Crippen molar-refractivity contribution in [3.8, 4) is 0 Å². The number of hydrogen-bond donors (Lipinski definition) is 1. The van der Waals surface area contributed by atoms with E-state index in [4.69, 9.17) is 0 Å². The van der Waals surface area contributed by atoms with Crippen molar-refractivity contribution in [3.05, 3.63) is 35.5 Å². The summed E-state index contributed by atoms with van der Waals surface area (Å²) in [6.07, 6.45) is 2.15. The summed E-state index contributed by atoms with van der Waals surface area (Å²) < 4.78 is 23.3. The molecular weight excluding hydrogens is 326 g/mol. The lowest BCUT2D eigenvalue weighted by molar-refractivity contribution is 0.600. The number of benzene rings is 1. The smallest absolute Gasteiger partial charge is 0.247 e. The van der Waals surface area contributed by atoms with Crippen molar-refractivity contribution >= 4 is 27.3 Å². The van der Waals surface area contributed by atoms with E-state index in [9.17, 15) is 8.42 Å². The Hall–Kier alpha value is -2.22. The van der Waals surface area contributed by atoms with Gasteiger partial charge in [-0.3, -0.25) is 0 Å². The summed E-state index contributed by atoms with van der Waals surface area (Å²) in [6, 6.07) is 5.92. The summed E-state index contributed by atoms with van der Waals surface area (Å²) >= 11 is 0. The maximum absolute atomic E-state index is 11.7. The first-order valence-corrected chi connectivity index (χ1v) is 9.64. The van der Waals surface area contributed by atoms with E-state index < -0.39 is 9.84 Å². The van der Waals surface area contributed by atoms with Gasteiger partial charge in [0.2, 0.25) is 5.95 Å². The molecule has 1 N–H and O–H groups in total. The zero-order valence-electron chi connectivity index (χ0n) is 14.0. The van der Waals surface area contributed by atoms with Crippen LogP contribution in [0.2, 0.25) is 0 Å². The highest BCUT2D eigenvalue weighted by Crippen LogP contribution is 2.23. The minimum Gasteiger partial charge on any atom is -0.339 e. The summed E-state index contributed by atoms with van der Waals surface area (Å²) in [5, 5.41) is 11.3. The minimum absolute atomic E-state index is 0.104. The molecule has 0 saturated carbocycles. The molecule has 0 spiro atoms. The molecule has 128 valence electrons. The van der Waals surface area contributed by atoms with Crippen molar-refractivity contribution in [2.45, 2.75) is 26.3 Å². The van der Waals surface area contributed by atoms with E-state index in [1.807, 2.05) is 26.1 Å². The van der Waals surface area contributed by atoms with E-state index in [0.29, 0.717) is 18.2 Å². The Bertz CT molecular complexity index is 853. The van der Waals surface area contributed by atoms with Crippen molar-refractivity contribution < 1.29 is 8.42 Å². The van der Waals surface area contributed by atoms with Gasteiger partial charge >= 0.3 is 0 Å². The molecule has 1 aromatic heterocycles. The molecule has 0 amide bonds. The predicted octanol–water partition coefficient (Wildman–Crippen LogP) is 1.86. The Kier molecular flexibility index (Phi) is 4.40. The van der Waals surface area contributed by atoms with Gasteiger partial charge in [0.1, 0.15) is 0 Å². The molecule has 0 radical (unpaired) electrons. The second-order valence-electron chi connectivity index (χ2n) is 6.18. The van der Waals surface area contributed by atoms with Crippen LogP contribution in [-0.2, 0) is 9.84 Å². The number of nitrogens with zero attached hydrogens (tertiary/aromatic N) is 4. The Morgan fingerprint density at radius 3 is 2.79 bits per heavy atom. The monoisotopic (exact) mass is 347 g/mol. The number of nitrogens with one attached hydrogen (secondary N) is 1. The van der Waals surface area contributed by atoms with Crippen LogP contribution in [0.1, 0.15) is 17.5 Å². The first kappa shape index (κ1) is 16.6. The second-order valence-corrected chi connectivity index (χ2v) is 8.41. The Labute approximate surface area is 142 Å². The normalized spacial score (nSPS) is 19.2. The van der Waals surface area contributed by atoms with Crippen molar-refractivity contribution in [1.82, 2.24) is 15.2 Å². The average molecular weight is 347 g/mol. The van der Waals surface area contributed by atoms with Crippen LogP contribution >= 0.6 is 0 Å². The van der Waals surface area contributed by atoms with Crippen molar-refractivity contribution in [2.75, 3.05) is 28.8 Å². The number of aryl methyl sites for hydroxylation is 1. The molecule has 2 aromatic rings. The first-order chi connectivity index (χ1) is 11.4. The van der Waals surface area contributed by atoms with E-state index in [2.05, 4.69) is 33.5 Å². The fraction of sp³-hybridized carbons (Fsp3) is 0.438. The molecule has 7 nitrogen and oxygen atoms in total. The largest absolute Gasteiger partial charge is 0.339 e. The molecule has 1 fully saturated rings. The van der Waals surface area contributed by atoms with E-state index in [1.165, 1.54) is 5.56 Å². The quantitative estimate of drug-likeness (QED) is 0.903. The van der Waals surface area contributed by atoms with E-state index in [0.717, 1.165) is 11.3 Å². The zero-order valence-corrected chi connectivity index (χ0v) is 14.8. The second kappa shape index (κ2) is 6.35. The topological polar surface area (TPSA) is 88.1 Å². The standard InChI is InChI=1S/C16H21N5O2S/c1-11-5-4-6-14(12(11)2)18-15-9-17-20-16(19-15)21(3)13-7-8-24(22,23)10-13/h4-6,9,13H,7-8,10H2,1-3H3,(H,18,19,20). The van der Waals surface area contributed by atoms with Gasteiger partial charge < -0.3 is 10.2 Å². The molecule has 1 atom stereocenters. The maximum atomic E-state index is 11.7. The van der Waals surface area contributed by atoms with Crippen LogP contribution in [0.3, 0.4) is 0 Å². The zero-order chi connectivity index (χ0) is 17.3. The number of sulfone groups is 1. The van der Waals surface area contributed by atoms with Gasteiger partial charge in [0.15, 0.2) is 15.7 Å². The third kappa shape index (κ3) is 3.48. The SMILES string of the molecule is Cc1cccc(Nc2cnnc(N(C)C3CCS(=O)(=O)C3)n2)c1C. The van der Waals surface area contributed by atoms with E-state index in [1.54, 1.807) is 11.1 Å². The van der Waals surface area contributed by atoms with Crippen LogP contribution in [0.4, 0.5) is 17.5 Å². The molecule has 1 aromatic carbocycles. The third-order valence-electron chi connectivity index (χ3n) is 4.49. The number of aromatic nitrogens is 3. The summed E-state index contributed by atoms with van der Waals surface area (Å²) in [4.78, 5) is 6.27. The van der Waals surface area contributed by atoms with Crippen LogP contribution in [-0.4, -0.2) is 48.2 Å². The molecule has 3 rings (SSSR count). The number of hydrogen-bond acceptors (Lipinski definition) is 7. The Morgan fingerprint density at radius 2 is 2.08 bits per heavy atom. The van der Waals surface area contributed by atoms with Gasteiger partial charge in [-0.15, -0.1) is 5.10 Å². The molecular formula is C16H21N5O2S. The van der Waals surface area contributed by atoms with E-state index >= 15 is 0 Å². The van der Waals surface area contributed by atoms with Crippen LogP contribution in [0.5, 0.6) is 0 Å². The average Bonchev–Trinajstić information content (AvgIpc) is 2.91. The Balaban J connectivity index is 1.80. The Morgan fingerprint density at radius 1 is 1.29 bits per heavy atom. The molecule has 1 aliphatic heterocycles. The van der Waals surface area contributed by atoms with Gasteiger partial charge in [-0.2, -0.15) is 10.1 Å². The van der Waals surface area contributed by atoms with Crippen LogP contribution in [0.15, 0.2) is 24.4 Å². The molecule has 24 heavy (non-hydrogen) atoms. The van der Waals surface area contributed by atoms with Crippen molar-refractivity contribution in [2.24, 2.45) is 0 Å². The van der Waals surface area contributed by atoms with Crippen LogP contribution in [0, 0.1) is 13.8 Å². The summed E-state index contributed by atoms with van der Waals surface area (Å²) in [5.74, 6) is 1.37. The van der Waals surface area contributed by atoms with Gasteiger partial charge in [0.25, 0.3) is 0 Å². The highest BCUT2D eigenvalue weighted by atomic mass is 32.2. The number of rotatable bonds is 4. The fourth-order valence-electron chi connectivity index (χ4n) is 2.77. The van der Waals surface area contributed by atoms with E-state index in [-0.39, 0.29) is 17.5 Å². The van der Waals surface area contributed by atoms with Gasteiger partial charge in [0.05, 0.1) is 17.7 Å². The highest BCUT2D eigenvalue weighted by molar-refractivity contribution is 7.91. The van der Waals surface area contributed by atoms with Gasteiger partial charge in [-0.05, 0) is 37.5 Å². The maximum Gasteiger partial charge on any atom is 0.247 e. The lowest BCUT2D eigenvalue weighted by Crippen LogP contribution is -2.34. The first-order valence-electron chi connectivity index (χ1n) is 7.82. The molecule has 1 unspecified atom stereocenters. The van der Waals surface area contributed by atoms with Crippen molar-refractivity contribution in [1.29, 1.82) is 0 Å². The van der Waals surface area contributed by atoms with Crippen LogP contribution < -0.4 is 10.2 Å². The summed E-state index contributed by atoms with van der Waals surface area (Å²) in [7, 11) is -1.14. The predicted molar refractivity (Wildman–Crippen MR) is 94.5 cm³/mol. The molecule has 0 bridgehead atoms. The number of anilines is 3. The van der Waals surface area contributed by atoms with Gasteiger partial charge in [-0.1, -0.05) is 12.1 Å². The minimum atomic E-state index is -2.95. The summed E-state index contributed by atoms with van der Waals surface area (Å²) in [5.41, 5.74) is 3.30. The molecule has 2 heterocycles. The van der Waals surface area contributed by atoms with Gasteiger partial charge in [-0.25, -0.2) is 8.42 Å². The highest BCUT2D eigenvalue weighted by Gasteiger charge is 2.31. The van der Waals surface area contributed by atoms with Gasteiger partial charge in [0, 0.05) is 18.8 Å². The lowest BCUT2D eigenvalue weighted by Gasteiger charge is -2.23. The third-order valence-corrected chi connectivity index (χ3v) is 6.24. The molecule has 1 saturated heterocycles.